The Hall–Kier alpha value is -2.21. The van der Waals surface area contributed by atoms with Gasteiger partial charge in [-0.05, 0) is 23.8 Å². The van der Waals surface area contributed by atoms with Gasteiger partial charge in [0, 0.05) is 24.5 Å². The van der Waals surface area contributed by atoms with E-state index < -0.39 is 11.6 Å². The van der Waals surface area contributed by atoms with Gasteiger partial charge in [0.15, 0.2) is 11.6 Å². The smallest absolute Gasteiger partial charge is 0.159 e. The van der Waals surface area contributed by atoms with E-state index in [0.717, 1.165) is 17.8 Å². The Morgan fingerprint density at radius 3 is 2.67 bits per heavy atom. The SMILES string of the molecule is NNc1cc(NCc2ccc(F)c(F)c2)ccn1. The number of anilines is 2. The van der Waals surface area contributed by atoms with E-state index >= 15 is 0 Å². The summed E-state index contributed by atoms with van der Waals surface area (Å²) < 4.78 is 25.7. The molecule has 2 aromatic rings. The van der Waals surface area contributed by atoms with Crippen LogP contribution in [0.2, 0.25) is 0 Å². The summed E-state index contributed by atoms with van der Waals surface area (Å²) in [6.45, 7) is 0.380. The van der Waals surface area contributed by atoms with Gasteiger partial charge in [-0.25, -0.2) is 19.6 Å². The number of hydrogen-bond acceptors (Lipinski definition) is 4. The Balaban J connectivity index is 2.04. The summed E-state index contributed by atoms with van der Waals surface area (Å²) in [5, 5.41) is 3.06. The molecule has 0 radical (unpaired) electrons. The van der Waals surface area contributed by atoms with Crippen LogP contribution in [-0.4, -0.2) is 4.98 Å². The molecule has 4 nitrogen and oxygen atoms in total. The number of rotatable bonds is 4. The van der Waals surface area contributed by atoms with E-state index in [1.165, 1.54) is 6.07 Å². The monoisotopic (exact) mass is 250 g/mol. The number of halogens is 2. The van der Waals surface area contributed by atoms with Crippen molar-refractivity contribution in [1.82, 2.24) is 4.98 Å². The van der Waals surface area contributed by atoms with Crippen LogP contribution in [-0.2, 0) is 6.54 Å². The van der Waals surface area contributed by atoms with Gasteiger partial charge in [-0.3, -0.25) is 0 Å². The number of aromatic nitrogens is 1. The van der Waals surface area contributed by atoms with Gasteiger partial charge in [-0.1, -0.05) is 6.07 Å². The van der Waals surface area contributed by atoms with Crippen molar-refractivity contribution in [2.75, 3.05) is 10.7 Å². The zero-order chi connectivity index (χ0) is 13.0. The van der Waals surface area contributed by atoms with Crippen LogP contribution in [0.3, 0.4) is 0 Å². The van der Waals surface area contributed by atoms with Crippen molar-refractivity contribution in [3.05, 3.63) is 53.7 Å². The highest BCUT2D eigenvalue weighted by Crippen LogP contribution is 2.14. The molecule has 0 atom stereocenters. The van der Waals surface area contributed by atoms with E-state index in [-0.39, 0.29) is 0 Å². The van der Waals surface area contributed by atoms with Gasteiger partial charge in [-0.2, -0.15) is 0 Å². The van der Waals surface area contributed by atoms with Crippen molar-refractivity contribution in [3.63, 3.8) is 0 Å². The maximum atomic E-state index is 13.0. The lowest BCUT2D eigenvalue weighted by molar-refractivity contribution is 0.507. The van der Waals surface area contributed by atoms with E-state index in [1.54, 1.807) is 18.3 Å². The summed E-state index contributed by atoms with van der Waals surface area (Å²) in [4.78, 5) is 3.95. The summed E-state index contributed by atoms with van der Waals surface area (Å²) in [6.07, 6.45) is 1.59. The fourth-order valence-corrected chi connectivity index (χ4v) is 1.47. The van der Waals surface area contributed by atoms with Crippen molar-refractivity contribution in [2.45, 2.75) is 6.54 Å². The topological polar surface area (TPSA) is 63.0 Å². The van der Waals surface area contributed by atoms with Crippen molar-refractivity contribution in [3.8, 4) is 0 Å². The summed E-state index contributed by atoms with van der Waals surface area (Å²) in [7, 11) is 0. The number of hydrazine groups is 1. The van der Waals surface area contributed by atoms with Crippen LogP contribution in [0, 0.1) is 11.6 Å². The van der Waals surface area contributed by atoms with Crippen LogP contribution in [0.5, 0.6) is 0 Å². The van der Waals surface area contributed by atoms with E-state index in [4.69, 9.17) is 5.84 Å². The molecule has 6 heteroatoms. The van der Waals surface area contributed by atoms with Gasteiger partial charge >= 0.3 is 0 Å². The van der Waals surface area contributed by atoms with Crippen molar-refractivity contribution < 1.29 is 8.78 Å². The van der Waals surface area contributed by atoms with Crippen LogP contribution < -0.4 is 16.6 Å². The van der Waals surface area contributed by atoms with Gasteiger partial charge in [0.1, 0.15) is 5.82 Å². The molecule has 2 rings (SSSR count). The molecule has 0 aliphatic carbocycles. The first-order chi connectivity index (χ1) is 8.69. The molecule has 0 unspecified atom stereocenters. The van der Waals surface area contributed by atoms with Crippen LogP contribution in [0.25, 0.3) is 0 Å². The molecule has 4 N–H and O–H groups in total. The summed E-state index contributed by atoms with van der Waals surface area (Å²) in [5.74, 6) is 4.05. The zero-order valence-corrected chi connectivity index (χ0v) is 9.45. The molecular weight excluding hydrogens is 238 g/mol. The number of nitrogens with one attached hydrogen (secondary N) is 2. The van der Waals surface area contributed by atoms with Crippen molar-refractivity contribution in [1.29, 1.82) is 0 Å². The highest BCUT2D eigenvalue weighted by atomic mass is 19.2. The molecule has 0 saturated heterocycles. The largest absolute Gasteiger partial charge is 0.381 e. The van der Waals surface area contributed by atoms with Gasteiger partial charge in [-0.15, -0.1) is 0 Å². The van der Waals surface area contributed by atoms with Crippen LogP contribution >= 0.6 is 0 Å². The Morgan fingerprint density at radius 1 is 1.11 bits per heavy atom. The Morgan fingerprint density at radius 2 is 1.94 bits per heavy atom. The zero-order valence-electron chi connectivity index (χ0n) is 9.45. The predicted molar refractivity (Wildman–Crippen MR) is 65.7 cm³/mol. The molecule has 0 bridgehead atoms. The second kappa shape index (κ2) is 5.42. The van der Waals surface area contributed by atoms with Gasteiger partial charge < -0.3 is 10.7 Å². The van der Waals surface area contributed by atoms with Gasteiger partial charge in [0.05, 0.1) is 0 Å². The predicted octanol–water partition coefficient (Wildman–Crippen LogP) is 2.26. The van der Waals surface area contributed by atoms with Crippen LogP contribution in [0.15, 0.2) is 36.5 Å². The quantitative estimate of drug-likeness (QED) is 0.575. The van der Waals surface area contributed by atoms with E-state index in [0.29, 0.717) is 17.9 Å². The third kappa shape index (κ3) is 2.92. The van der Waals surface area contributed by atoms with E-state index in [9.17, 15) is 8.78 Å². The fourth-order valence-electron chi connectivity index (χ4n) is 1.47. The molecule has 0 aliphatic heterocycles. The highest BCUT2D eigenvalue weighted by Gasteiger charge is 2.02. The van der Waals surface area contributed by atoms with Crippen molar-refractivity contribution >= 4 is 11.5 Å². The second-order valence-electron chi connectivity index (χ2n) is 3.68. The highest BCUT2D eigenvalue weighted by molar-refractivity contribution is 5.51. The van der Waals surface area contributed by atoms with Crippen LogP contribution in [0.4, 0.5) is 20.3 Å². The lowest BCUT2D eigenvalue weighted by atomic mass is 10.2. The maximum absolute atomic E-state index is 13.0. The summed E-state index contributed by atoms with van der Waals surface area (Å²) >= 11 is 0. The van der Waals surface area contributed by atoms with E-state index in [2.05, 4.69) is 15.7 Å². The molecule has 0 aliphatic rings. The standard InChI is InChI=1S/C12H12F2N4/c13-10-2-1-8(5-11(10)14)7-17-9-3-4-16-12(6-9)18-15/h1-6H,7,15H2,(H2,16,17,18). The second-order valence-corrected chi connectivity index (χ2v) is 3.68. The Labute approximate surface area is 103 Å². The molecule has 0 spiro atoms. The number of hydrogen-bond donors (Lipinski definition) is 3. The number of nitrogens with two attached hydrogens (primary N) is 1. The first kappa shape index (κ1) is 12.3. The Bertz CT molecular complexity index is 545. The minimum atomic E-state index is -0.853. The average molecular weight is 250 g/mol. The molecule has 94 valence electrons. The van der Waals surface area contributed by atoms with Gasteiger partial charge in [0.2, 0.25) is 0 Å². The maximum Gasteiger partial charge on any atom is 0.159 e. The molecule has 1 aromatic heterocycles. The van der Waals surface area contributed by atoms with Crippen molar-refractivity contribution in [2.24, 2.45) is 5.84 Å². The van der Waals surface area contributed by atoms with E-state index in [1.807, 2.05) is 0 Å². The summed E-state index contributed by atoms with van der Waals surface area (Å²) in [5.41, 5.74) is 3.85. The lowest BCUT2D eigenvalue weighted by Gasteiger charge is -2.08. The van der Waals surface area contributed by atoms with Gasteiger partial charge in [0.25, 0.3) is 0 Å². The number of nitrogen functional groups attached to an aromatic ring is 1. The number of benzene rings is 1. The minimum Gasteiger partial charge on any atom is -0.381 e. The molecule has 0 amide bonds. The average Bonchev–Trinajstić information content (AvgIpc) is 2.40. The number of nitrogens with zero attached hydrogens (tertiary/aromatic N) is 1. The Kier molecular flexibility index (Phi) is 3.69. The summed E-state index contributed by atoms with van der Waals surface area (Å²) in [6, 6.07) is 7.24. The minimum absolute atomic E-state index is 0.380. The molecule has 18 heavy (non-hydrogen) atoms. The fraction of sp³-hybridized carbons (Fsp3) is 0.0833. The third-order valence-corrected chi connectivity index (χ3v) is 2.39. The first-order valence-electron chi connectivity index (χ1n) is 5.29. The normalized spacial score (nSPS) is 10.2. The molecular formula is C12H12F2N4. The first-order valence-corrected chi connectivity index (χ1v) is 5.29. The molecule has 0 fully saturated rings. The molecule has 1 heterocycles. The molecule has 1 aromatic carbocycles. The number of pyridine rings is 1. The van der Waals surface area contributed by atoms with Crippen LogP contribution in [0.1, 0.15) is 5.56 Å². The third-order valence-electron chi connectivity index (χ3n) is 2.39. The lowest BCUT2D eigenvalue weighted by Crippen LogP contribution is -2.09. The molecule has 0 saturated carbocycles.